The SMILES string of the molecule is CNS(=O)(=O)c1cc(C(=O)Nc2cccc(-c3cn4c(n3)CCCC4)c2)cc(C)c1C. The van der Waals surface area contributed by atoms with Gasteiger partial charge in [0.15, 0.2) is 0 Å². The van der Waals surface area contributed by atoms with Crippen LogP contribution in [0.5, 0.6) is 0 Å². The maximum atomic E-state index is 12.9. The van der Waals surface area contributed by atoms with Gasteiger partial charge in [0.2, 0.25) is 10.0 Å². The average molecular weight is 439 g/mol. The maximum absolute atomic E-state index is 12.9. The molecule has 0 unspecified atom stereocenters. The van der Waals surface area contributed by atoms with Crippen LogP contribution in [0, 0.1) is 13.8 Å². The van der Waals surface area contributed by atoms with Crippen LogP contribution < -0.4 is 10.0 Å². The van der Waals surface area contributed by atoms with Gasteiger partial charge in [0, 0.05) is 36.0 Å². The molecule has 2 N–H and O–H groups in total. The van der Waals surface area contributed by atoms with Crippen LogP contribution in [0.3, 0.4) is 0 Å². The van der Waals surface area contributed by atoms with Gasteiger partial charge in [-0.1, -0.05) is 12.1 Å². The molecule has 4 rings (SSSR count). The van der Waals surface area contributed by atoms with E-state index < -0.39 is 10.0 Å². The van der Waals surface area contributed by atoms with Crippen molar-refractivity contribution in [2.75, 3.05) is 12.4 Å². The summed E-state index contributed by atoms with van der Waals surface area (Å²) in [6, 6.07) is 10.7. The minimum atomic E-state index is -3.67. The number of fused-ring (bicyclic) bond motifs is 1. The van der Waals surface area contributed by atoms with Crippen LogP contribution in [0.15, 0.2) is 47.5 Å². The van der Waals surface area contributed by atoms with Crippen molar-refractivity contribution >= 4 is 21.6 Å². The van der Waals surface area contributed by atoms with Gasteiger partial charge in [-0.3, -0.25) is 4.79 Å². The van der Waals surface area contributed by atoms with Crippen molar-refractivity contribution < 1.29 is 13.2 Å². The van der Waals surface area contributed by atoms with Crippen molar-refractivity contribution in [2.24, 2.45) is 0 Å². The van der Waals surface area contributed by atoms with E-state index in [1.54, 1.807) is 19.9 Å². The molecule has 31 heavy (non-hydrogen) atoms. The number of sulfonamides is 1. The van der Waals surface area contributed by atoms with Gasteiger partial charge in [-0.25, -0.2) is 18.1 Å². The molecule has 0 saturated heterocycles. The van der Waals surface area contributed by atoms with E-state index in [9.17, 15) is 13.2 Å². The van der Waals surface area contributed by atoms with Crippen LogP contribution in [-0.2, 0) is 23.0 Å². The summed E-state index contributed by atoms with van der Waals surface area (Å²) >= 11 is 0. The quantitative estimate of drug-likeness (QED) is 0.636. The second-order valence-corrected chi connectivity index (χ2v) is 9.71. The van der Waals surface area contributed by atoms with Crippen molar-refractivity contribution in [2.45, 2.75) is 44.6 Å². The van der Waals surface area contributed by atoms with E-state index in [2.05, 4.69) is 20.8 Å². The number of aromatic nitrogens is 2. The molecule has 1 aliphatic rings. The zero-order valence-electron chi connectivity index (χ0n) is 17.9. The van der Waals surface area contributed by atoms with Gasteiger partial charge in [-0.2, -0.15) is 0 Å². The number of nitrogens with zero attached hydrogens (tertiary/aromatic N) is 2. The number of aryl methyl sites for hydroxylation is 3. The lowest BCUT2D eigenvalue weighted by Gasteiger charge is -2.13. The number of benzene rings is 2. The molecular weight excluding hydrogens is 412 g/mol. The fourth-order valence-corrected chi connectivity index (χ4v) is 4.92. The van der Waals surface area contributed by atoms with Crippen molar-refractivity contribution in [3.63, 3.8) is 0 Å². The molecule has 0 atom stereocenters. The lowest BCUT2D eigenvalue weighted by Crippen LogP contribution is -2.21. The largest absolute Gasteiger partial charge is 0.334 e. The van der Waals surface area contributed by atoms with Crippen molar-refractivity contribution in [1.82, 2.24) is 14.3 Å². The van der Waals surface area contributed by atoms with Crippen LogP contribution in [0.25, 0.3) is 11.3 Å². The Morgan fingerprint density at radius 1 is 1.13 bits per heavy atom. The summed E-state index contributed by atoms with van der Waals surface area (Å²) in [5.41, 5.74) is 4.10. The first-order valence-electron chi connectivity index (χ1n) is 10.3. The first-order chi connectivity index (χ1) is 14.8. The van der Waals surface area contributed by atoms with Gasteiger partial charge >= 0.3 is 0 Å². The number of carbonyl (C=O) groups is 1. The molecule has 0 aliphatic carbocycles. The molecule has 162 valence electrons. The Kier molecular flexibility index (Phi) is 5.68. The summed E-state index contributed by atoms with van der Waals surface area (Å²) in [5, 5.41) is 2.88. The summed E-state index contributed by atoms with van der Waals surface area (Å²) in [6.07, 6.45) is 5.38. The number of hydrogen-bond acceptors (Lipinski definition) is 4. The number of amides is 1. The Morgan fingerprint density at radius 2 is 1.94 bits per heavy atom. The predicted octanol–water partition coefficient (Wildman–Crippen LogP) is 3.66. The molecule has 8 heteroatoms. The van der Waals surface area contributed by atoms with Gasteiger partial charge in [-0.05, 0) is 69.1 Å². The van der Waals surface area contributed by atoms with Gasteiger partial charge in [-0.15, -0.1) is 0 Å². The second-order valence-electron chi connectivity index (χ2n) is 7.85. The average Bonchev–Trinajstić information content (AvgIpc) is 3.20. The molecular formula is C23H26N4O3S. The van der Waals surface area contributed by atoms with Gasteiger partial charge < -0.3 is 9.88 Å². The first kappa shape index (κ1) is 21.3. The summed E-state index contributed by atoms with van der Waals surface area (Å²) < 4.78 is 29.2. The van der Waals surface area contributed by atoms with Gasteiger partial charge in [0.05, 0.1) is 10.6 Å². The molecule has 1 amide bonds. The molecule has 1 aliphatic heterocycles. The second kappa shape index (κ2) is 8.28. The van der Waals surface area contributed by atoms with Crippen LogP contribution in [0.2, 0.25) is 0 Å². The molecule has 0 saturated carbocycles. The molecule has 0 bridgehead atoms. The van der Waals surface area contributed by atoms with Crippen LogP contribution in [0.4, 0.5) is 5.69 Å². The van der Waals surface area contributed by atoms with E-state index in [1.807, 2.05) is 24.3 Å². The third kappa shape index (κ3) is 4.26. The third-order valence-corrected chi connectivity index (χ3v) is 7.31. The number of imidazole rings is 1. The van der Waals surface area contributed by atoms with E-state index in [-0.39, 0.29) is 10.8 Å². The molecule has 2 aromatic carbocycles. The van der Waals surface area contributed by atoms with Crippen LogP contribution in [-0.4, -0.2) is 30.9 Å². The maximum Gasteiger partial charge on any atom is 0.255 e. The molecule has 2 heterocycles. The highest BCUT2D eigenvalue weighted by Gasteiger charge is 2.20. The summed E-state index contributed by atoms with van der Waals surface area (Å²) in [5.74, 6) is 0.737. The number of anilines is 1. The number of rotatable bonds is 5. The van der Waals surface area contributed by atoms with Gasteiger partial charge in [0.25, 0.3) is 5.91 Å². The highest BCUT2D eigenvalue weighted by atomic mass is 32.2. The van der Waals surface area contributed by atoms with E-state index >= 15 is 0 Å². The third-order valence-electron chi connectivity index (χ3n) is 5.76. The summed E-state index contributed by atoms with van der Waals surface area (Å²) in [7, 11) is -2.31. The lowest BCUT2D eigenvalue weighted by molar-refractivity contribution is 0.102. The molecule has 0 radical (unpaired) electrons. The number of hydrogen-bond donors (Lipinski definition) is 2. The topological polar surface area (TPSA) is 93.1 Å². The van der Waals surface area contributed by atoms with E-state index in [4.69, 9.17) is 4.98 Å². The number of nitrogens with one attached hydrogen (secondary N) is 2. The fraction of sp³-hybridized carbons (Fsp3) is 0.304. The molecule has 0 fully saturated rings. The summed E-state index contributed by atoms with van der Waals surface area (Å²) in [4.78, 5) is 17.8. The Morgan fingerprint density at radius 3 is 2.68 bits per heavy atom. The predicted molar refractivity (Wildman–Crippen MR) is 121 cm³/mol. The lowest BCUT2D eigenvalue weighted by atomic mass is 10.1. The molecule has 0 spiro atoms. The Balaban J connectivity index is 1.61. The molecule has 7 nitrogen and oxygen atoms in total. The van der Waals surface area contributed by atoms with Crippen molar-refractivity contribution in [1.29, 1.82) is 0 Å². The monoisotopic (exact) mass is 438 g/mol. The first-order valence-corrected chi connectivity index (χ1v) is 11.8. The smallest absolute Gasteiger partial charge is 0.255 e. The van der Waals surface area contributed by atoms with E-state index in [0.717, 1.165) is 42.0 Å². The minimum absolute atomic E-state index is 0.109. The van der Waals surface area contributed by atoms with E-state index in [0.29, 0.717) is 16.8 Å². The standard InChI is InChI=1S/C23H26N4O3S/c1-15-11-18(13-21(16(15)2)31(29,30)24-3)23(28)25-19-8-6-7-17(12-19)20-14-27-10-5-4-9-22(27)26-20/h6-8,11-14,24H,4-5,9-10H2,1-3H3,(H,25,28). The van der Waals surface area contributed by atoms with Crippen LogP contribution in [0.1, 0.15) is 40.2 Å². The highest BCUT2D eigenvalue weighted by molar-refractivity contribution is 7.89. The summed E-state index contributed by atoms with van der Waals surface area (Å²) in [6.45, 7) is 4.51. The Bertz CT molecular complexity index is 1240. The molecule has 1 aromatic heterocycles. The zero-order chi connectivity index (χ0) is 22.2. The van der Waals surface area contributed by atoms with Crippen LogP contribution >= 0.6 is 0 Å². The van der Waals surface area contributed by atoms with Gasteiger partial charge in [0.1, 0.15) is 5.82 Å². The van der Waals surface area contributed by atoms with Crippen molar-refractivity contribution in [3.8, 4) is 11.3 Å². The zero-order valence-corrected chi connectivity index (χ0v) is 18.7. The number of carbonyl (C=O) groups excluding carboxylic acids is 1. The van der Waals surface area contributed by atoms with Crippen molar-refractivity contribution in [3.05, 3.63) is 65.1 Å². The Hall–Kier alpha value is -2.97. The Labute approximate surface area is 182 Å². The minimum Gasteiger partial charge on any atom is -0.334 e. The molecule has 3 aromatic rings. The highest BCUT2D eigenvalue weighted by Crippen LogP contribution is 2.26. The fourth-order valence-electron chi connectivity index (χ4n) is 3.86. The van der Waals surface area contributed by atoms with E-state index in [1.165, 1.54) is 19.5 Å². The normalized spacial score (nSPS) is 13.6.